The molecule has 0 amide bonds. The number of hydrogen-bond acceptors (Lipinski definition) is 6. The van der Waals surface area contributed by atoms with E-state index in [4.69, 9.17) is 14.2 Å². The van der Waals surface area contributed by atoms with Crippen LogP contribution in [0.1, 0.15) is 6.42 Å². The molecule has 0 aromatic rings. The van der Waals surface area contributed by atoms with E-state index in [1.165, 1.54) is 7.11 Å². The number of hydrogen-bond donors (Lipinski definition) is 0. The summed E-state index contributed by atoms with van der Waals surface area (Å²) in [7, 11) is 1.31. The molecule has 0 N–H and O–H groups in total. The van der Waals surface area contributed by atoms with Crippen LogP contribution in [0.2, 0.25) is 0 Å². The van der Waals surface area contributed by atoms with E-state index in [9.17, 15) is 14.4 Å². The summed E-state index contributed by atoms with van der Waals surface area (Å²) in [5.74, 6) is -2.37. The monoisotopic (exact) mass is 382 g/mol. The van der Waals surface area contributed by atoms with Gasteiger partial charge in [0, 0.05) is 31.3 Å². The van der Waals surface area contributed by atoms with Gasteiger partial charge in [-0.25, -0.2) is 0 Å². The number of ether oxygens (including phenoxy) is 3. The van der Waals surface area contributed by atoms with Gasteiger partial charge in [-0.1, -0.05) is 0 Å². The molecule has 3 fully saturated rings. The van der Waals surface area contributed by atoms with E-state index in [1.807, 2.05) is 0 Å². The number of carbonyl (C=O) groups excluding carboxylic acids is 3. The molecule has 1 aliphatic heterocycles. The zero-order valence-corrected chi connectivity index (χ0v) is 13.0. The normalized spacial score (nSPS) is 38.4. The van der Waals surface area contributed by atoms with Gasteiger partial charge in [0.2, 0.25) is 0 Å². The Labute approximate surface area is 134 Å². The van der Waals surface area contributed by atoms with Crippen molar-refractivity contribution < 1.29 is 48.1 Å². The van der Waals surface area contributed by atoms with Crippen molar-refractivity contribution in [3.05, 3.63) is 12.7 Å². The van der Waals surface area contributed by atoms with Gasteiger partial charge in [0.05, 0.1) is 25.6 Å². The maximum Gasteiger partial charge on any atom is 0.310 e. The summed E-state index contributed by atoms with van der Waals surface area (Å²) in [5, 5.41) is 0. The molecule has 1 saturated heterocycles. The predicted octanol–water partition coefficient (Wildman–Crippen LogP) is 0.113. The molecule has 1 heterocycles. The SMILES string of the molecule is C=[C-]C(=O)OCC1C2CC3C1OC(=O)C3C2C(=O)OC.[Rh]. The minimum Gasteiger partial charge on any atom is -0.489 e. The Kier molecular flexibility index (Phi) is 4.52. The van der Waals surface area contributed by atoms with Crippen LogP contribution in [0.5, 0.6) is 0 Å². The van der Waals surface area contributed by atoms with Crippen molar-refractivity contribution in [2.75, 3.05) is 13.7 Å². The molecular weight excluding hydrogens is 367 g/mol. The quantitative estimate of drug-likeness (QED) is 0.226. The minimum atomic E-state index is -0.636. The minimum absolute atomic E-state index is 0. The summed E-state index contributed by atoms with van der Waals surface area (Å²) in [4.78, 5) is 34.9. The molecule has 3 rings (SSSR count). The van der Waals surface area contributed by atoms with Crippen LogP contribution >= 0.6 is 0 Å². The maximum atomic E-state index is 11.9. The van der Waals surface area contributed by atoms with Crippen molar-refractivity contribution in [3.8, 4) is 0 Å². The van der Waals surface area contributed by atoms with E-state index in [-0.39, 0.29) is 61.9 Å². The molecule has 0 aromatic heterocycles. The summed E-state index contributed by atoms with van der Waals surface area (Å²) >= 11 is 0. The standard InChI is InChI=1S/C14H15O6.Rh/c1-3-9(15)19-5-8-6-4-7-11(10(6)13(16)18-2)14(17)20-12(7)8;/h6-8,10-12H,1,4-5H2,2H3;/q-1;. The average molecular weight is 382 g/mol. The fourth-order valence-electron chi connectivity index (χ4n) is 4.09. The molecule has 21 heavy (non-hydrogen) atoms. The number of methoxy groups -OCH3 is 1. The second-order valence-electron chi connectivity index (χ2n) is 5.48. The van der Waals surface area contributed by atoms with Gasteiger partial charge in [-0.15, -0.1) is 0 Å². The van der Waals surface area contributed by atoms with Crippen molar-refractivity contribution in [1.29, 1.82) is 0 Å². The Morgan fingerprint density at radius 3 is 2.76 bits per heavy atom. The van der Waals surface area contributed by atoms with E-state index in [2.05, 4.69) is 12.7 Å². The van der Waals surface area contributed by atoms with Gasteiger partial charge in [0.15, 0.2) is 0 Å². The number of esters is 3. The molecule has 117 valence electrons. The fraction of sp³-hybridized carbons (Fsp3) is 0.643. The van der Waals surface area contributed by atoms with Crippen LogP contribution in [0.4, 0.5) is 0 Å². The zero-order valence-electron chi connectivity index (χ0n) is 11.4. The molecule has 7 heteroatoms. The number of fused-ring (bicyclic) bond motifs is 1. The van der Waals surface area contributed by atoms with Crippen LogP contribution < -0.4 is 0 Å². The predicted molar refractivity (Wildman–Crippen MR) is 63.8 cm³/mol. The first-order valence-electron chi connectivity index (χ1n) is 6.56. The first kappa shape index (κ1) is 16.1. The Hall–Kier alpha value is -1.23. The first-order valence-corrected chi connectivity index (χ1v) is 6.56. The van der Waals surface area contributed by atoms with Crippen molar-refractivity contribution in [2.45, 2.75) is 12.5 Å². The van der Waals surface area contributed by atoms with Crippen molar-refractivity contribution in [2.24, 2.45) is 29.6 Å². The van der Waals surface area contributed by atoms with Crippen LogP contribution in [-0.2, 0) is 48.1 Å². The van der Waals surface area contributed by atoms with Crippen LogP contribution in [0, 0.1) is 35.7 Å². The summed E-state index contributed by atoms with van der Waals surface area (Å²) in [6.45, 7) is 3.32. The largest absolute Gasteiger partial charge is 0.489 e. The molecule has 0 aromatic carbocycles. The molecule has 6 atom stereocenters. The topological polar surface area (TPSA) is 78.9 Å². The Bertz CT molecular complexity index is 490. The second-order valence-corrected chi connectivity index (χ2v) is 5.48. The van der Waals surface area contributed by atoms with Crippen LogP contribution in [0.25, 0.3) is 0 Å². The fourth-order valence-corrected chi connectivity index (χ4v) is 4.09. The van der Waals surface area contributed by atoms with Crippen LogP contribution in [-0.4, -0.2) is 37.7 Å². The maximum absolute atomic E-state index is 11.9. The van der Waals surface area contributed by atoms with E-state index in [0.29, 0.717) is 0 Å². The van der Waals surface area contributed by atoms with Gasteiger partial charge in [0.1, 0.15) is 12.1 Å². The molecule has 2 saturated carbocycles. The van der Waals surface area contributed by atoms with E-state index >= 15 is 0 Å². The summed E-state index contributed by atoms with van der Waals surface area (Å²) in [6, 6.07) is 0. The Balaban J connectivity index is 0.00000161. The third-order valence-corrected chi connectivity index (χ3v) is 4.80. The summed E-state index contributed by atoms with van der Waals surface area (Å²) in [5.41, 5.74) is 0. The van der Waals surface area contributed by atoms with Gasteiger partial charge in [0.25, 0.3) is 0 Å². The summed E-state index contributed by atoms with van der Waals surface area (Å²) < 4.78 is 15.2. The van der Waals surface area contributed by atoms with E-state index in [1.54, 1.807) is 0 Å². The van der Waals surface area contributed by atoms with Gasteiger partial charge in [-0.3, -0.25) is 21.0 Å². The van der Waals surface area contributed by atoms with E-state index in [0.717, 1.165) is 6.42 Å². The van der Waals surface area contributed by atoms with Crippen molar-refractivity contribution in [1.82, 2.24) is 0 Å². The van der Waals surface area contributed by atoms with Gasteiger partial charge in [-0.05, 0) is 12.3 Å². The van der Waals surface area contributed by atoms with Crippen LogP contribution in [0.15, 0.2) is 6.58 Å². The Morgan fingerprint density at radius 2 is 2.14 bits per heavy atom. The molecule has 6 nitrogen and oxygen atoms in total. The van der Waals surface area contributed by atoms with Gasteiger partial charge >= 0.3 is 11.9 Å². The summed E-state index contributed by atoms with van der Waals surface area (Å²) in [6.07, 6.45) is 2.60. The molecule has 2 bridgehead atoms. The molecular formula is C14H15O6Rh-. The molecule has 3 aliphatic rings. The number of carbonyl (C=O) groups is 3. The van der Waals surface area contributed by atoms with Crippen molar-refractivity contribution >= 4 is 17.9 Å². The third kappa shape index (κ3) is 2.31. The van der Waals surface area contributed by atoms with Crippen molar-refractivity contribution in [3.63, 3.8) is 0 Å². The first-order chi connectivity index (χ1) is 9.58. The molecule has 2 aliphatic carbocycles. The Morgan fingerprint density at radius 1 is 1.43 bits per heavy atom. The van der Waals surface area contributed by atoms with Crippen LogP contribution in [0.3, 0.4) is 0 Å². The average Bonchev–Trinajstić information content (AvgIpc) is 3.05. The smallest absolute Gasteiger partial charge is 0.310 e. The van der Waals surface area contributed by atoms with Gasteiger partial charge in [-0.2, -0.15) is 0 Å². The third-order valence-electron chi connectivity index (χ3n) is 4.80. The second kappa shape index (κ2) is 5.87. The number of rotatable bonds is 4. The molecule has 0 spiro atoms. The molecule has 1 radical (unpaired) electrons. The van der Waals surface area contributed by atoms with E-state index < -0.39 is 17.8 Å². The molecule has 6 unspecified atom stereocenters. The van der Waals surface area contributed by atoms with Gasteiger partial charge < -0.3 is 20.3 Å². The zero-order chi connectivity index (χ0) is 14.4.